The monoisotopic (exact) mass is 396 g/mol. The molecule has 6 nitrogen and oxygen atoms in total. The van der Waals surface area contributed by atoms with E-state index in [1.54, 1.807) is 51.4 Å². The highest BCUT2D eigenvalue weighted by atomic mass is 35.5. The van der Waals surface area contributed by atoms with Crippen LogP contribution in [0.5, 0.6) is 5.75 Å². The zero-order valence-corrected chi connectivity index (χ0v) is 16.4. The second-order valence-electron chi connectivity index (χ2n) is 5.92. The second kappa shape index (κ2) is 8.53. The molecule has 1 amide bonds. The molecule has 0 unspecified atom stereocenters. The maximum absolute atomic E-state index is 12.5. The van der Waals surface area contributed by atoms with Gasteiger partial charge in [-0.3, -0.25) is 4.79 Å². The van der Waals surface area contributed by atoms with Gasteiger partial charge in [0.2, 0.25) is 10.0 Å². The Labute approximate surface area is 158 Å². The van der Waals surface area contributed by atoms with Gasteiger partial charge in [0.05, 0.1) is 4.90 Å². The summed E-state index contributed by atoms with van der Waals surface area (Å²) in [5.74, 6) is 0.285. The second-order valence-corrected chi connectivity index (χ2v) is 8.09. The van der Waals surface area contributed by atoms with Gasteiger partial charge in [-0.2, -0.15) is 0 Å². The first-order valence-electron chi connectivity index (χ1n) is 7.87. The molecular weight excluding hydrogens is 376 g/mol. The Morgan fingerprint density at radius 2 is 1.88 bits per heavy atom. The fourth-order valence-electron chi connectivity index (χ4n) is 2.12. The van der Waals surface area contributed by atoms with Crippen molar-refractivity contribution < 1.29 is 17.9 Å². The fraction of sp³-hybridized carbons (Fsp3) is 0.278. The number of benzene rings is 2. The molecule has 8 heteroatoms. The van der Waals surface area contributed by atoms with Gasteiger partial charge < -0.3 is 9.64 Å². The molecule has 0 aromatic heterocycles. The van der Waals surface area contributed by atoms with Crippen LogP contribution in [0.4, 0.5) is 0 Å². The van der Waals surface area contributed by atoms with Crippen molar-refractivity contribution in [3.8, 4) is 5.75 Å². The number of hydrogen-bond donors (Lipinski definition) is 1. The van der Waals surface area contributed by atoms with E-state index in [4.69, 9.17) is 16.3 Å². The number of likely N-dealkylation sites (N-methyl/N-ethyl adjacent to an activating group) is 1. The normalized spacial score (nSPS) is 11.2. The molecule has 0 spiro atoms. The summed E-state index contributed by atoms with van der Waals surface area (Å²) in [6, 6.07) is 11.5. The van der Waals surface area contributed by atoms with Crippen molar-refractivity contribution >= 4 is 27.5 Å². The third-order valence-corrected chi connectivity index (χ3v) is 5.48. The van der Waals surface area contributed by atoms with Crippen LogP contribution in [0.3, 0.4) is 0 Å². The predicted octanol–water partition coefficient (Wildman–Crippen LogP) is 2.59. The minimum atomic E-state index is -3.70. The lowest BCUT2D eigenvalue weighted by Crippen LogP contribution is -2.27. The minimum Gasteiger partial charge on any atom is -0.483 e. The van der Waals surface area contributed by atoms with Gasteiger partial charge >= 0.3 is 0 Å². The van der Waals surface area contributed by atoms with E-state index in [1.807, 2.05) is 0 Å². The Bertz CT molecular complexity index is 898. The fourth-order valence-corrected chi connectivity index (χ4v) is 3.41. The van der Waals surface area contributed by atoms with Crippen molar-refractivity contribution in [2.45, 2.75) is 18.4 Å². The van der Waals surface area contributed by atoms with Crippen LogP contribution in [0.15, 0.2) is 47.4 Å². The van der Waals surface area contributed by atoms with E-state index in [0.29, 0.717) is 21.9 Å². The van der Waals surface area contributed by atoms with Crippen molar-refractivity contribution in [2.24, 2.45) is 0 Å². The van der Waals surface area contributed by atoms with Crippen molar-refractivity contribution in [1.82, 2.24) is 9.62 Å². The van der Waals surface area contributed by atoms with Crippen LogP contribution >= 0.6 is 11.6 Å². The van der Waals surface area contributed by atoms with Crippen LogP contribution in [0.1, 0.15) is 11.1 Å². The van der Waals surface area contributed by atoms with Crippen LogP contribution in [0.2, 0.25) is 5.02 Å². The van der Waals surface area contributed by atoms with E-state index >= 15 is 0 Å². The summed E-state index contributed by atoms with van der Waals surface area (Å²) in [4.78, 5) is 13.1. The number of rotatable bonds is 7. The number of nitrogens with one attached hydrogen (secondary N) is 1. The van der Waals surface area contributed by atoms with Gasteiger partial charge in [0.15, 0.2) is 6.61 Å². The lowest BCUT2D eigenvalue weighted by atomic mass is 10.2. The molecule has 1 N–H and O–H groups in total. The van der Waals surface area contributed by atoms with Gasteiger partial charge in [-0.05, 0) is 42.3 Å². The highest BCUT2D eigenvalue weighted by Crippen LogP contribution is 2.22. The third kappa shape index (κ3) is 5.20. The molecule has 0 atom stereocenters. The maximum Gasteiger partial charge on any atom is 0.259 e. The van der Waals surface area contributed by atoms with Crippen molar-refractivity contribution in [3.05, 3.63) is 58.6 Å². The standard InChI is InChI=1S/C18H21ClN2O4S/c1-13-10-15(8-9-17(13)25-12-18(22)21(2)3)26(23,24)20-11-14-6-4-5-7-16(14)19/h4-10,20H,11-12H2,1-3H3. The molecule has 0 aliphatic carbocycles. The number of hydrogen-bond acceptors (Lipinski definition) is 4. The Morgan fingerprint density at radius 1 is 1.19 bits per heavy atom. The van der Waals surface area contributed by atoms with Crippen LogP contribution in [0, 0.1) is 6.92 Å². The summed E-state index contributed by atoms with van der Waals surface area (Å²) in [5.41, 5.74) is 1.31. The molecule has 0 aliphatic heterocycles. The third-order valence-electron chi connectivity index (χ3n) is 3.72. The van der Waals surface area contributed by atoms with Crippen LogP contribution in [0.25, 0.3) is 0 Å². The molecular formula is C18H21ClN2O4S. The molecule has 0 bridgehead atoms. The average Bonchev–Trinajstić information content (AvgIpc) is 2.59. The van der Waals surface area contributed by atoms with E-state index in [9.17, 15) is 13.2 Å². The Hall–Kier alpha value is -2.09. The first-order valence-corrected chi connectivity index (χ1v) is 9.73. The van der Waals surface area contributed by atoms with E-state index in [-0.39, 0.29) is 24.0 Å². The van der Waals surface area contributed by atoms with Gasteiger partial charge in [0.1, 0.15) is 5.75 Å². The van der Waals surface area contributed by atoms with E-state index < -0.39 is 10.0 Å². The summed E-state index contributed by atoms with van der Waals surface area (Å²) in [7, 11) is -0.423. The molecule has 2 aromatic carbocycles. The van der Waals surface area contributed by atoms with E-state index in [0.717, 1.165) is 0 Å². The van der Waals surface area contributed by atoms with Crippen LogP contribution in [-0.2, 0) is 21.4 Å². The highest BCUT2D eigenvalue weighted by Gasteiger charge is 2.16. The summed E-state index contributed by atoms with van der Waals surface area (Å²) in [5, 5.41) is 0.501. The van der Waals surface area contributed by atoms with E-state index in [1.165, 1.54) is 17.0 Å². The number of carbonyl (C=O) groups is 1. The lowest BCUT2D eigenvalue weighted by molar-refractivity contribution is -0.130. The molecule has 26 heavy (non-hydrogen) atoms. The molecule has 0 heterocycles. The van der Waals surface area contributed by atoms with Gasteiger partial charge in [-0.1, -0.05) is 29.8 Å². The summed E-state index contributed by atoms with van der Waals surface area (Å²) in [6.45, 7) is 1.71. The molecule has 2 aromatic rings. The maximum atomic E-state index is 12.5. The zero-order chi connectivity index (χ0) is 19.3. The van der Waals surface area contributed by atoms with Gasteiger partial charge in [-0.15, -0.1) is 0 Å². The number of amides is 1. The highest BCUT2D eigenvalue weighted by molar-refractivity contribution is 7.89. The number of aryl methyl sites for hydroxylation is 1. The first kappa shape index (κ1) is 20.2. The van der Waals surface area contributed by atoms with E-state index in [2.05, 4.69) is 4.72 Å². The molecule has 0 aliphatic rings. The number of halogens is 1. The molecule has 140 valence electrons. The molecule has 0 fully saturated rings. The smallest absolute Gasteiger partial charge is 0.259 e. The van der Waals surface area contributed by atoms with Crippen molar-refractivity contribution in [1.29, 1.82) is 0 Å². The minimum absolute atomic E-state index is 0.0939. The topological polar surface area (TPSA) is 75.7 Å². The quantitative estimate of drug-likeness (QED) is 0.780. The molecule has 0 radical (unpaired) electrons. The van der Waals surface area contributed by atoms with Crippen LogP contribution in [-0.4, -0.2) is 39.9 Å². The molecule has 0 saturated carbocycles. The molecule has 2 rings (SSSR count). The largest absolute Gasteiger partial charge is 0.483 e. The summed E-state index contributed by atoms with van der Waals surface area (Å²) >= 11 is 6.05. The summed E-state index contributed by atoms with van der Waals surface area (Å²) in [6.07, 6.45) is 0. The number of nitrogens with zero attached hydrogens (tertiary/aromatic N) is 1. The number of sulfonamides is 1. The SMILES string of the molecule is Cc1cc(S(=O)(=O)NCc2ccccc2Cl)ccc1OCC(=O)N(C)C. The Morgan fingerprint density at radius 3 is 2.50 bits per heavy atom. The number of carbonyl (C=O) groups excluding carboxylic acids is 1. The zero-order valence-electron chi connectivity index (χ0n) is 14.8. The van der Waals surface area contributed by atoms with Gasteiger partial charge in [0.25, 0.3) is 5.91 Å². The Kier molecular flexibility index (Phi) is 6.63. The molecule has 0 saturated heterocycles. The van der Waals surface area contributed by atoms with Crippen LogP contribution < -0.4 is 9.46 Å². The summed E-state index contributed by atoms with van der Waals surface area (Å²) < 4.78 is 32.9. The average molecular weight is 397 g/mol. The first-order chi connectivity index (χ1) is 12.2. The van der Waals surface area contributed by atoms with Gasteiger partial charge in [-0.25, -0.2) is 13.1 Å². The predicted molar refractivity (Wildman–Crippen MR) is 101 cm³/mol. The lowest BCUT2D eigenvalue weighted by Gasteiger charge is -2.14. The van der Waals surface area contributed by atoms with Gasteiger partial charge in [0, 0.05) is 25.7 Å². The van der Waals surface area contributed by atoms with Crippen molar-refractivity contribution in [2.75, 3.05) is 20.7 Å². The Balaban J connectivity index is 2.09. The van der Waals surface area contributed by atoms with Crippen molar-refractivity contribution in [3.63, 3.8) is 0 Å². The number of ether oxygens (including phenoxy) is 1.